The topological polar surface area (TPSA) is 70.6 Å². The minimum Gasteiger partial charge on any atom is -0.495 e. The number of hydrogen-bond acceptors (Lipinski definition) is 4. The number of halogens is 1. The number of aliphatic carboxylic acids is 1. The Labute approximate surface area is 114 Å². The van der Waals surface area contributed by atoms with Gasteiger partial charge in [-0.15, -0.1) is 0 Å². The highest BCUT2D eigenvalue weighted by Gasteiger charge is 2.39. The Hall–Kier alpha value is -1.27. The van der Waals surface area contributed by atoms with Gasteiger partial charge in [0.05, 0.1) is 24.8 Å². The summed E-state index contributed by atoms with van der Waals surface area (Å²) in [6.07, 6.45) is 0.0790. The first-order valence-corrected chi connectivity index (χ1v) is 6.38. The van der Waals surface area contributed by atoms with Crippen molar-refractivity contribution in [3.05, 3.63) is 22.7 Å². The maximum Gasteiger partial charge on any atom is 0.305 e. The number of nitrogens with one attached hydrogen (secondary N) is 2. The lowest BCUT2D eigenvalue weighted by Gasteiger charge is -2.43. The summed E-state index contributed by atoms with van der Waals surface area (Å²) < 4.78 is 6.19. The molecule has 1 heterocycles. The van der Waals surface area contributed by atoms with Gasteiger partial charge in [-0.2, -0.15) is 0 Å². The van der Waals surface area contributed by atoms with E-state index in [4.69, 9.17) is 9.84 Å². The van der Waals surface area contributed by atoms with Crippen molar-refractivity contribution in [2.24, 2.45) is 0 Å². The molecule has 5 nitrogen and oxygen atoms in total. The number of hydrogen-bond donors (Lipinski definition) is 3. The van der Waals surface area contributed by atoms with Crippen LogP contribution in [-0.2, 0) is 4.79 Å². The number of carboxylic acids is 1. The first kappa shape index (κ1) is 13.2. The summed E-state index contributed by atoms with van der Waals surface area (Å²) in [6, 6.07) is 5.61. The lowest BCUT2D eigenvalue weighted by molar-refractivity contribution is -0.138. The zero-order valence-corrected chi connectivity index (χ0v) is 11.6. The Morgan fingerprint density at radius 2 is 2.33 bits per heavy atom. The highest BCUT2D eigenvalue weighted by Crippen LogP contribution is 2.32. The molecule has 0 aliphatic carbocycles. The molecule has 0 bridgehead atoms. The number of ether oxygens (including phenoxy) is 1. The number of carboxylic acid groups (broad SMARTS) is 1. The van der Waals surface area contributed by atoms with Crippen LogP contribution in [0, 0.1) is 0 Å². The molecule has 3 N–H and O–H groups in total. The summed E-state index contributed by atoms with van der Waals surface area (Å²) in [4.78, 5) is 10.9. The van der Waals surface area contributed by atoms with Crippen LogP contribution in [0.15, 0.2) is 22.7 Å². The smallest absolute Gasteiger partial charge is 0.305 e. The standard InChI is InChI=1S/C12H15BrN2O3/c1-18-10-3-2-8(13)4-9(10)15-12(5-11(16)17)6-14-7-12/h2-4,14-15H,5-7H2,1H3,(H,16,17). The van der Waals surface area contributed by atoms with E-state index >= 15 is 0 Å². The molecule has 98 valence electrons. The van der Waals surface area contributed by atoms with E-state index in [9.17, 15) is 4.79 Å². The second kappa shape index (κ2) is 5.16. The Balaban J connectivity index is 2.21. The van der Waals surface area contributed by atoms with Gasteiger partial charge in [0.25, 0.3) is 0 Å². The molecule has 0 aromatic heterocycles. The molecule has 0 unspecified atom stereocenters. The monoisotopic (exact) mass is 314 g/mol. The average Bonchev–Trinajstić information content (AvgIpc) is 2.26. The van der Waals surface area contributed by atoms with Crippen molar-refractivity contribution in [1.82, 2.24) is 5.32 Å². The summed E-state index contributed by atoms with van der Waals surface area (Å²) in [5.74, 6) is -0.104. The van der Waals surface area contributed by atoms with E-state index in [0.29, 0.717) is 18.8 Å². The SMILES string of the molecule is COc1ccc(Br)cc1NC1(CC(=O)O)CNC1. The van der Waals surface area contributed by atoms with Gasteiger partial charge in [-0.25, -0.2) is 0 Å². The van der Waals surface area contributed by atoms with Gasteiger partial charge in [-0.05, 0) is 18.2 Å². The third-order valence-electron chi connectivity index (χ3n) is 2.98. The lowest BCUT2D eigenvalue weighted by Crippen LogP contribution is -2.65. The molecule has 0 spiro atoms. The molecule has 1 saturated heterocycles. The number of rotatable bonds is 5. The van der Waals surface area contributed by atoms with E-state index in [2.05, 4.69) is 26.6 Å². The third-order valence-corrected chi connectivity index (χ3v) is 3.47. The largest absolute Gasteiger partial charge is 0.495 e. The van der Waals surface area contributed by atoms with Crippen molar-refractivity contribution < 1.29 is 14.6 Å². The van der Waals surface area contributed by atoms with Crippen LogP contribution in [-0.4, -0.2) is 36.8 Å². The molecule has 0 radical (unpaired) electrons. The molecule has 1 aliphatic rings. The molecule has 1 fully saturated rings. The van der Waals surface area contributed by atoms with Gasteiger partial charge in [0.15, 0.2) is 0 Å². The van der Waals surface area contributed by atoms with Crippen LogP contribution in [0.25, 0.3) is 0 Å². The maximum atomic E-state index is 10.9. The van der Waals surface area contributed by atoms with E-state index in [1.807, 2.05) is 18.2 Å². The van der Waals surface area contributed by atoms with Crippen molar-refractivity contribution in [3.8, 4) is 5.75 Å². The summed E-state index contributed by atoms with van der Waals surface area (Å²) >= 11 is 3.40. The quantitative estimate of drug-likeness (QED) is 0.771. The first-order chi connectivity index (χ1) is 8.54. The van der Waals surface area contributed by atoms with E-state index in [1.165, 1.54) is 0 Å². The highest BCUT2D eigenvalue weighted by molar-refractivity contribution is 9.10. The first-order valence-electron chi connectivity index (χ1n) is 5.59. The fourth-order valence-corrected chi connectivity index (χ4v) is 2.40. The van der Waals surface area contributed by atoms with Crippen LogP contribution in [0.4, 0.5) is 5.69 Å². The number of anilines is 1. The normalized spacial score (nSPS) is 16.8. The van der Waals surface area contributed by atoms with Gasteiger partial charge in [0, 0.05) is 17.6 Å². The Kier molecular flexibility index (Phi) is 3.77. The molecular formula is C12H15BrN2O3. The van der Waals surface area contributed by atoms with Crippen molar-refractivity contribution in [1.29, 1.82) is 0 Å². The van der Waals surface area contributed by atoms with Gasteiger partial charge >= 0.3 is 5.97 Å². The minimum atomic E-state index is -0.807. The highest BCUT2D eigenvalue weighted by atomic mass is 79.9. The molecular weight excluding hydrogens is 300 g/mol. The van der Waals surface area contributed by atoms with Gasteiger partial charge in [-0.3, -0.25) is 4.79 Å². The summed E-state index contributed by atoms with van der Waals surface area (Å²) in [5, 5.41) is 15.4. The van der Waals surface area contributed by atoms with Crippen LogP contribution in [0.2, 0.25) is 0 Å². The van der Waals surface area contributed by atoms with Crippen LogP contribution in [0.1, 0.15) is 6.42 Å². The van der Waals surface area contributed by atoms with Crippen LogP contribution in [0.3, 0.4) is 0 Å². The van der Waals surface area contributed by atoms with Gasteiger partial charge in [0.1, 0.15) is 5.75 Å². The third kappa shape index (κ3) is 2.76. The molecule has 0 atom stereocenters. The number of carbonyl (C=O) groups is 1. The molecule has 18 heavy (non-hydrogen) atoms. The lowest BCUT2D eigenvalue weighted by atomic mass is 9.88. The van der Waals surface area contributed by atoms with Gasteiger partial charge in [0.2, 0.25) is 0 Å². The molecule has 2 rings (SSSR count). The Bertz CT molecular complexity index is 461. The van der Waals surface area contributed by atoms with Gasteiger partial charge in [-0.1, -0.05) is 15.9 Å². The zero-order valence-electron chi connectivity index (χ0n) is 10.00. The molecule has 0 amide bonds. The zero-order chi connectivity index (χ0) is 13.2. The van der Waals surface area contributed by atoms with Crippen LogP contribution >= 0.6 is 15.9 Å². The van der Waals surface area contributed by atoms with E-state index in [1.54, 1.807) is 7.11 Å². The minimum absolute atomic E-state index is 0.0790. The van der Waals surface area contributed by atoms with Crippen LogP contribution < -0.4 is 15.4 Å². The van der Waals surface area contributed by atoms with E-state index in [-0.39, 0.29) is 6.42 Å². The predicted molar refractivity (Wildman–Crippen MR) is 72.2 cm³/mol. The van der Waals surface area contributed by atoms with E-state index < -0.39 is 11.5 Å². The van der Waals surface area contributed by atoms with E-state index in [0.717, 1.165) is 10.2 Å². The summed E-state index contributed by atoms with van der Waals surface area (Å²) in [5.41, 5.74) is 0.370. The predicted octanol–water partition coefficient (Wildman–Crippen LogP) is 1.69. The Morgan fingerprint density at radius 1 is 1.61 bits per heavy atom. The van der Waals surface area contributed by atoms with Gasteiger partial charge < -0.3 is 20.5 Å². The summed E-state index contributed by atoms with van der Waals surface area (Å²) in [7, 11) is 1.59. The number of methoxy groups -OCH3 is 1. The molecule has 0 saturated carbocycles. The molecule has 1 aliphatic heterocycles. The summed E-state index contributed by atoms with van der Waals surface area (Å²) in [6.45, 7) is 1.27. The van der Waals surface area contributed by atoms with Crippen molar-refractivity contribution >= 4 is 27.6 Å². The molecule has 1 aromatic carbocycles. The van der Waals surface area contributed by atoms with Crippen molar-refractivity contribution in [2.75, 3.05) is 25.5 Å². The maximum absolute atomic E-state index is 10.9. The average molecular weight is 315 g/mol. The second-order valence-electron chi connectivity index (χ2n) is 4.42. The second-order valence-corrected chi connectivity index (χ2v) is 5.34. The Morgan fingerprint density at radius 3 is 2.83 bits per heavy atom. The van der Waals surface area contributed by atoms with Crippen molar-refractivity contribution in [2.45, 2.75) is 12.0 Å². The molecule has 6 heteroatoms. The number of benzene rings is 1. The fraction of sp³-hybridized carbons (Fsp3) is 0.417. The fourth-order valence-electron chi connectivity index (χ4n) is 2.04. The van der Waals surface area contributed by atoms with Crippen LogP contribution in [0.5, 0.6) is 5.75 Å². The molecule has 1 aromatic rings. The van der Waals surface area contributed by atoms with Crippen molar-refractivity contribution in [3.63, 3.8) is 0 Å².